The van der Waals surface area contributed by atoms with Crippen LogP contribution < -0.4 is 4.72 Å². The van der Waals surface area contributed by atoms with Gasteiger partial charge in [0.1, 0.15) is 5.82 Å². The molecule has 1 heterocycles. The summed E-state index contributed by atoms with van der Waals surface area (Å²) in [5, 5.41) is 0. The highest BCUT2D eigenvalue weighted by Gasteiger charge is 2.22. The zero-order valence-electron chi connectivity index (χ0n) is 16.3. The lowest BCUT2D eigenvalue weighted by Gasteiger charge is -2.21. The molecule has 0 radical (unpaired) electrons. The van der Waals surface area contributed by atoms with E-state index in [1.807, 2.05) is 6.92 Å². The van der Waals surface area contributed by atoms with Crippen LogP contribution in [0.15, 0.2) is 53.4 Å². The number of hydrogen-bond acceptors (Lipinski definition) is 4. The van der Waals surface area contributed by atoms with Gasteiger partial charge in [0, 0.05) is 31.8 Å². The van der Waals surface area contributed by atoms with Crippen LogP contribution in [-0.4, -0.2) is 45.0 Å². The first-order chi connectivity index (χ1) is 13.9. The van der Waals surface area contributed by atoms with E-state index in [1.165, 1.54) is 24.3 Å². The summed E-state index contributed by atoms with van der Waals surface area (Å²) >= 11 is 0. The minimum atomic E-state index is -3.75. The molecule has 1 aliphatic heterocycles. The summed E-state index contributed by atoms with van der Waals surface area (Å²) in [6.45, 7) is 3.32. The minimum absolute atomic E-state index is 0.0307. The molecule has 0 aliphatic carbocycles. The van der Waals surface area contributed by atoms with Gasteiger partial charge in [-0.3, -0.25) is 4.79 Å². The largest absolute Gasteiger partial charge is 0.377 e. The second-order valence-corrected chi connectivity index (χ2v) is 8.73. The van der Waals surface area contributed by atoms with Gasteiger partial charge in [0.05, 0.1) is 11.0 Å². The molecule has 2 aromatic rings. The number of halogens is 1. The zero-order valence-corrected chi connectivity index (χ0v) is 17.1. The second kappa shape index (κ2) is 9.47. The van der Waals surface area contributed by atoms with Gasteiger partial charge in [-0.05, 0) is 55.7 Å². The van der Waals surface area contributed by atoms with Crippen molar-refractivity contribution in [3.8, 4) is 0 Å². The van der Waals surface area contributed by atoms with E-state index in [0.29, 0.717) is 18.7 Å². The van der Waals surface area contributed by atoms with E-state index in [0.717, 1.165) is 12.8 Å². The first-order valence-electron chi connectivity index (χ1n) is 9.64. The number of sulfonamides is 1. The molecule has 156 valence electrons. The Hall–Kier alpha value is -2.29. The molecule has 1 N–H and O–H groups in total. The summed E-state index contributed by atoms with van der Waals surface area (Å²) in [6, 6.07) is 12.0. The van der Waals surface area contributed by atoms with E-state index < -0.39 is 10.0 Å². The van der Waals surface area contributed by atoms with Crippen LogP contribution in [0.25, 0.3) is 0 Å². The molecule has 1 aliphatic rings. The van der Waals surface area contributed by atoms with Crippen LogP contribution >= 0.6 is 0 Å². The van der Waals surface area contributed by atoms with Crippen molar-refractivity contribution in [1.29, 1.82) is 0 Å². The number of rotatable bonds is 8. The summed E-state index contributed by atoms with van der Waals surface area (Å²) in [5.74, 6) is -0.677. The van der Waals surface area contributed by atoms with E-state index in [9.17, 15) is 17.6 Å². The Morgan fingerprint density at radius 1 is 1.24 bits per heavy atom. The molecule has 3 rings (SSSR count). The van der Waals surface area contributed by atoms with Gasteiger partial charge in [-0.25, -0.2) is 17.5 Å². The van der Waals surface area contributed by atoms with E-state index in [4.69, 9.17) is 4.74 Å². The molecule has 6 nitrogen and oxygen atoms in total. The molecule has 1 fully saturated rings. The van der Waals surface area contributed by atoms with Gasteiger partial charge in [-0.1, -0.05) is 18.2 Å². The summed E-state index contributed by atoms with van der Waals surface area (Å²) in [4.78, 5) is 14.5. The maximum atomic E-state index is 13.4. The first kappa shape index (κ1) is 21.4. The topological polar surface area (TPSA) is 75.7 Å². The van der Waals surface area contributed by atoms with Crippen molar-refractivity contribution < 1.29 is 22.3 Å². The second-order valence-electron chi connectivity index (χ2n) is 6.96. The highest BCUT2D eigenvalue weighted by Crippen LogP contribution is 2.17. The Morgan fingerprint density at radius 2 is 2.03 bits per heavy atom. The van der Waals surface area contributed by atoms with Crippen LogP contribution in [0, 0.1) is 5.82 Å². The van der Waals surface area contributed by atoms with E-state index in [2.05, 4.69) is 4.72 Å². The van der Waals surface area contributed by atoms with Gasteiger partial charge in [-0.15, -0.1) is 0 Å². The average Bonchev–Trinajstić information content (AvgIpc) is 3.24. The molecule has 0 bridgehead atoms. The van der Waals surface area contributed by atoms with E-state index >= 15 is 0 Å². The van der Waals surface area contributed by atoms with Crippen molar-refractivity contribution >= 4 is 15.9 Å². The molecule has 2 aromatic carbocycles. The molecule has 1 atom stereocenters. The van der Waals surface area contributed by atoms with Gasteiger partial charge in [0.15, 0.2) is 0 Å². The fraction of sp³-hybridized carbons (Fsp3) is 0.381. The van der Waals surface area contributed by atoms with Gasteiger partial charge >= 0.3 is 0 Å². The molecule has 0 saturated carbocycles. The molecular weight excluding hydrogens is 395 g/mol. The Morgan fingerprint density at radius 3 is 2.72 bits per heavy atom. The Kier molecular flexibility index (Phi) is 7.00. The maximum absolute atomic E-state index is 13.4. The Balaban J connectivity index is 1.73. The lowest BCUT2D eigenvalue weighted by Crippen LogP contribution is -2.32. The van der Waals surface area contributed by atoms with Crippen molar-refractivity contribution in [3.05, 3.63) is 65.5 Å². The summed E-state index contributed by atoms with van der Waals surface area (Å²) in [6.07, 6.45) is 1.64. The van der Waals surface area contributed by atoms with Crippen molar-refractivity contribution in [3.63, 3.8) is 0 Å². The SMILES string of the molecule is CCN(Cc1cccc(F)c1)C(=O)c1cccc(S(=O)(=O)NC[C@H]2CCCO2)c1. The van der Waals surface area contributed by atoms with Crippen LogP contribution in [0.3, 0.4) is 0 Å². The van der Waals surface area contributed by atoms with Crippen LogP contribution in [0.4, 0.5) is 4.39 Å². The van der Waals surface area contributed by atoms with Crippen molar-refractivity contribution in [2.45, 2.75) is 37.3 Å². The standard InChI is InChI=1S/C21H25FN2O4S/c1-2-24(15-16-6-3-8-18(22)12-16)21(25)17-7-4-10-20(13-17)29(26,27)23-14-19-9-5-11-28-19/h3-4,6-8,10,12-13,19,23H,2,5,9,11,14-15H2,1H3/t19-/m1/s1. The maximum Gasteiger partial charge on any atom is 0.254 e. The van der Waals surface area contributed by atoms with Gasteiger partial charge in [0.2, 0.25) is 10.0 Å². The summed E-state index contributed by atoms with van der Waals surface area (Å²) in [5.41, 5.74) is 0.936. The fourth-order valence-corrected chi connectivity index (χ4v) is 4.36. The predicted molar refractivity (Wildman–Crippen MR) is 107 cm³/mol. The minimum Gasteiger partial charge on any atom is -0.377 e. The zero-order chi connectivity index (χ0) is 20.9. The third-order valence-electron chi connectivity index (χ3n) is 4.85. The van der Waals surface area contributed by atoms with Gasteiger partial charge < -0.3 is 9.64 Å². The number of nitrogens with one attached hydrogen (secondary N) is 1. The number of ether oxygens (including phenoxy) is 1. The van der Waals surface area contributed by atoms with Gasteiger partial charge in [0.25, 0.3) is 5.91 Å². The van der Waals surface area contributed by atoms with Crippen molar-refractivity contribution in [1.82, 2.24) is 9.62 Å². The lowest BCUT2D eigenvalue weighted by molar-refractivity contribution is 0.0752. The number of benzene rings is 2. The third kappa shape index (κ3) is 5.62. The van der Waals surface area contributed by atoms with E-state index in [-0.39, 0.29) is 41.4 Å². The smallest absolute Gasteiger partial charge is 0.254 e. The van der Waals surface area contributed by atoms with Gasteiger partial charge in [-0.2, -0.15) is 0 Å². The summed E-state index contributed by atoms with van der Waals surface area (Å²) < 4.78 is 46.6. The van der Waals surface area contributed by atoms with Crippen LogP contribution in [0.2, 0.25) is 0 Å². The van der Waals surface area contributed by atoms with Crippen LogP contribution in [-0.2, 0) is 21.3 Å². The summed E-state index contributed by atoms with van der Waals surface area (Å²) in [7, 11) is -3.75. The quantitative estimate of drug-likeness (QED) is 0.713. The highest BCUT2D eigenvalue weighted by atomic mass is 32.2. The average molecular weight is 421 g/mol. The normalized spacial score (nSPS) is 16.7. The number of carbonyl (C=O) groups excluding carboxylic acids is 1. The molecule has 29 heavy (non-hydrogen) atoms. The number of hydrogen-bond donors (Lipinski definition) is 1. The monoisotopic (exact) mass is 420 g/mol. The van der Waals surface area contributed by atoms with E-state index in [1.54, 1.807) is 29.2 Å². The Labute approximate surface area is 170 Å². The predicted octanol–water partition coefficient (Wildman–Crippen LogP) is 2.95. The Bertz CT molecular complexity index is 959. The molecule has 1 amide bonds. The molecule has 8 heteroatoms. The molecule has 0 aromatic heterocycles. The molecule has 0 unspecified atom stereocenters. The number of nitrogens with zero attached hydrogens (tertiary/aromatic N) is 1. The molecular formula is C21H25FN2O4S. The molecule has 0 spiro atoms. The molecule has 1 saturated heterocycles. The highest BCUT2D eigenvalue weighted by molar-refractivity contribution is 7.89. The lowest BCUT2D eigenvalue weighted by atomic mass is 10.1. The number of amides is 1. The number of carbonyl (C=O) groups is 1. The third-order valence-corrected chi connectivity index (χ3v) is 6.27. The van der Waals surface area contributed by atoms with Crippen LogP contribution in [0.1, 0.15) is 35.7 Å². The van der Waals surface area contributed by atoms with Crippen molar-refractivity contribution in [2.24, 2.45) is 0 Å². The fourth-order valence-electron chi connectivity index (χ4n) is 3.25. The first-order valence-corrected chi connectivity index (χ1v) is 11.1. The van der Waals surface area contributed by atoms with Crippen molar-refractivity contribution in [2.75, 3.05) is 19.7 Å². The van der Waals surface area contributed by atoms with Crippen LogP contribution in [0.5, 0.6) is 0 Å².